The molecule has 1 atom stereocenters. The van der Waals surface area contributed by atoms with Gasteiger partial charge in [-0.05, 0) is 76.3 Å². The van der Waals surface area contributed by atoms with Crippen molar-refractivity contribution in [3.05, 3.63) is 143 Å². The number of benzene rings is 5. The zero-order valence-corrected chi connectivity index (χ0v) is 28.7. The molecule has 0 bridgehead atoms. The van der Waals surface area contributed by atoms with Gasteiger partial charge in [0.1, 0.15) is 18.1 Å². The molecule has 11 heteroatoms. The first-order valence-corrected chi connectivity index (χ1v) is 17.5. The van der Waals surface area contributed by atoms with Crippen molar-refractivity contribution in [1.82, 2.24) is 10.2 Å². The fraction of sp³-hybridized carbons (Fsp3) is 0.128. The lowest BCUT2D eigenvalue weighted by molar-refractivity contribution is -0.132. The fourth-order valence-corrected chi connectivity index (χ4v) is 7.79. The minimum atomic E-state index is -1.08. The minimum absolute atomic E-state index is 0.113. The molecule has 0 radical (unpaired) electrons. The van der Waals surface area contributed by atoms with Gasteiger partial charge in [-0.15, -0.1) is 10.2 Å². The lowest BCUT2D eigenvalue weighted by Crippen LogP contribution is -2.29. The van der Waals surface area contributed by atoms with E-state index in [0.717, 1.165) is 27.5 Å². The molecule has 7 rings (SSSR count). The number of anilines is 1. The van der Waals surface area contributed by atoms with Crippen LogP contribution < -0.4 is 14.4 Å². The standard InChI is InChI=1S/C39H31N3O6S2/c1-23-8-3-4-10-27(23)21-48-29-17-14-25(15-18-29)35(44)33-34(26-16-19-31(43)32(20-26)47-2)42(37(46)36(33)45)38-40-41-39(50-38)49-22-28-12-7-11-24-9-5-6-13-30(24)28/h3-20,34,43-44H,21-22H2,1-2H3. The van der Waals surface area contributed by atoms with Gasteiger partial charge in [0.2, 0.25) is 5.13 Å². The van der Waals surface area contributed by atoms with E-state index in [4.69, 9.17) is 9.47 Å². The number of carbonyl (C=O) groups is 2. The largest absolute Gasteiger partial charge is 0.507 e. The Labute approximate surface area is 296 Å². The van der Waals surface area contributed by atoms with Gasteiger partial charge in [0, 0.05) is 11.3 Å². The van der Waals surface area contributed by atoms with Gasteiger partial charge >= 0.3 is 5.91 Å². The second kappa shape index (κ2) is 14.1. The van der Waals surface area contributed by atoms with Crippen LogP contribution in [0.1, 0.15) is 33.9 Å². The molecule has 1 saturated heterocycles. The van der Waals surface area contributed by atoms with Gasteiger partial charge < -0.3 is 19.7 Å². The topological polar surface area (TPSA) is 122 Å². The van der Waals surface area contributed by atoms with Crippen molar-refractivity contribution in [2.75, 3.05) is 12.0 Å². The first kappa shape index (κ1) is 32.9. The van der Waals surface area contributed by atoms with Crippen molar-refractivity contribution in [2.24, 2.45) is 0 Å². The van der Waals surface area contributed by atoms with Crippen LogP contribution in [0.4, 0.5) is 5.13 Å². The number of hydrogen-bond acceptors (Lipinski definition) is 10. The monoisotopic (exact) mass is 701 g/mol. The van der Waals surface area contributed by atoms with E-state index >= 15 is 0 Å². The average molecular weight is 702 g/mol. The molecule has 0 spiro atoms. The van der Waals surface area contributed by atoms with Gasteiger partial charge in [-0.3, -0.25) is 14.5 Å². The molecule has 0 aliphatic carbocycles. The van der Waals surface area contributed by atoms with Crippen molar-refractivity contribution in [3.63, 3.8) is 0 Å². The van der Waals surface area contributed by atoms with Crippen LogP contribution in [-0.2, 0) is 21.9 Å². The highest BCUT2D eigenvalue weighted by Gasteiger charge is 2.48. The minimum Gasteiger partial charge on any atom is -0.507 e. The fourth-order valence-electron chi connectivity index (χ4n) is 5.92. The van der Waals surface area contributed by atoms with E-state index in [1.807, 2.05) is 49.4 Å². The summed E-state index contributed by atoms with van der Waals surface area (Å²) >= 11 is 2.66. The first-order valence-electron chi connectivity index (χ1n) is 15.7. The Hall–Kier alpha value is -5.65. The van der Waals surface area contributed by atoms with E-state index in [1.165, 1.54) is 47.2 Å². The van der Waals surface area contributed by atoms with Gasteiger partial charge in [0.15, 0.2) is 15.8 Å². The summed E-state index contributed by atoms with van der Waals surface area (Å²) < 4.78 is 11.9. The maximum Gasteiger partial charge on any atom is 0.301 e. The molecule has 1 aromatic heterocycles. The molecule has 2 N–H and O–H groups in total. The second-order valence-corrected chi connectivity index (χ2v) is 13.8. The van der Waals surface area contributed by atoms with Crippen LogP contribution in [0.25, 0.3) is 16.5 Å². The molecule has 1 unspecified atom stereocenters. The number of nitrogens with zero attached hydrogens (tertiary/aromatic N) is 3. The van der Waals surface area contributed by atoms with Crippen molar-refractivity contribution < 1.29 is 29.3 Å². The van der Waals surface area contributed by atoms with Crippen LogP contribution in [0.2, 0.25) is 0 Å². The number of rotatable bonds is 10. The number of aromatic nitrogens is 2. The van der Waals surface area contributed by atoms with Crippen molar-refractivity contribution in [1.29, 1.82) is 0 Å². The molecule has 1 aliphatic heterocycles. The summed E-state index contributed by atoms with van der Waals surface area (Å²) in [5.41, 5.74) is 3.92. The SMILES string of the molecule is COc1cc(C2C(=C(O)c3ccc(OCc4ccccc4C)cc3)C(=O)C(=O)N2c2nnc(SCc3cccc4ccccc34)s2)ccc1O. The molecule has 0 saturated carbocycles. The van der Waals surface area contributed by atoms with Crippen molar-refractivity contribution >= 4 is 56.5 Å². The number of amides is 1. The number of aliphatic hydroxyl groups excluding tert-OH is 1. The summed E-state index contributed by atoms with van der Waals surface area (Å²) in [6.45, 7) is 2.39. The summed E-state index contributed by atoms with van der Waals surface area (Å²) in [6.07, 6.45) is 0. The number of hydrogen-bond donors (Lipinski definition) is 2. The zero-order valence-electron chi connectivity index (χ0n) is 27.1. The predicted molar refractivity (Wildman–Crippen MR) is 195 cm³/mol. The maximum absolute atomic E-state index is 13.8. The molecule has 2 heterocycles. The quantitative estimate of drug-likeness (QED) is 0.0478. The third-order valence-electron chi connectivity index (χ3n) is 8.58. The molecule has 250 valence electrons. The smallest absolute Gasteiger partial charge is 0.301 e. The molecular weight excluding hydrogens is 671 g/mol. The number of methoxy groups -OCH3 is 1. The number of Topliss-reactive ketones (excluding diaryl/α,β-unsaturated/α-hetero) is 1. The molecule has 1 aliphatic rings. The highest BCUT2D eigenvalue weighted by atomic mass is 32.2. The number of aliphatic hydroxyl groups is 1. The van der Waals surface area contributed by atoms with Crippen LogP contribution in [0, 0.1) is 6.92 Å². The van der Waals surface area contributed by atoms with Gasteiger partial charge in [0.25, 0.3) is 5.78 Å². The number of fused-ring (bicyclic) bond motifs is 1. The van der Waals surface area contributed by atoms with Crippen LogP contribution >= 0.6 is 23.1 Å². The third kappa shape index (κ3) is 6.40. The lowest BCUT2D eigenvalue weighted by Gasteiger charge is -2.23. The highest BCUT2D eigenvalue weighted by molar-refractivity contribution is 8.00. The zero-order chi connectivity index (χ0) is 34.8. The van der Waals surface area contributed by atoms with E-state index in [-0.39, 0.29) is 28.0 Å². The molecule has 9 nitrogen and oxygen atoms in total. The molecule has 6 aromatic rings. The lowest BCUT2D eigenvalue weighted by atomic mass is 9.95. The third-order valence-corrected chi connectivity index (χ3v) is 10.7. The number of aromatic hydroxyl groups is 1. The number of phenolic OH excluding ortho intramolecular Hbond substituents is 1. The molecule has 50 heavy (non-hydrogen) atoms. The van der Waals surface area contributed by atoms with E-state index in [2.05, 4.69) is 34.5 Å². The first-order chi connectivity index (χ1) is 24.3. The summed E-state index contributed by atoms with van der Waals surface area (Å²) in [5, 5.41) is 33.1. The van der Waals surface area contributed by atoms with Gasteiger partial charge in [0.05, 0.1) is 18.7 Å². The van der Waals surface area contributed by atoms with Crippen LogP contribution in [0.3, 0.4) is 0 Å². The molecule has 5 aromatic carbocycles. The van der Waals surface area contributed by atoms with E-state index < -0.39 is 17.7 Å². The summed E-state index contributed by atoms with van der Waals surface area (Å²) in [5.74, 6) is -0.860. The van der Waals surface area contributed by atoms with Gasteiger partial charge in [-0.1, -0.05) is 95.9 Å². The molecule has 1 amide bonds. The number of carbonyl (C=O) groups excluding carboxylic acids is 2. The Morgan fingerprint density at radius 1 is 0.900 bits per heavy atom. The normalized spacial score (nSPS) is 15.5. The van der Waals surface area contributed by atoms with Gasteiger partial charge in [-0.25, -0.2) is 0 Å². The Kier molecular flexibility index (Phi) is 9.25. The number of phenols is 1. The Balaban J connectivity index is 1.21. The predicted octanol–water partition coefficient (Wildman–Crippen LogP) is 8.21. The molecule has 1 fully saturated rings. The van der Waals surface area contributed by atoms with Crippen LogP contribution in [0.5, 0.6) is 17.2 Å². The number of aryl methyl sites for hydroxylation is 1. The Morgan fingerprint density at radius 3 is 2.44 bits per heavy atom. The second-order valence-electron chi connectivity index (χ2n) is 11.6. The average Bonchev–Trinajstić information content (AvgIpc) is 3.71. The van der Waals surface area contributed by atoms with Gasteiger partial charge in [-0.2, -0.15) is 0 Å². The Morgan fingerprint density at radius 2 is 1.64 bits per heavy atom. The van der Waals surface area contributed by atoms with Crippen LogP contribution in [-0.4, -0.2) is 39.2 Å². The Bertz CT molecular complexity index is 2260. The summed E-state index contributed by atoms with van der Waals surface area (Å²) in [4.78, 5) is 28.8. The van der Waals surface area contributed by atoms with Crippen LogP contribution in [0.15, 0.2) is 119 Å². The summed E-state index contributed by atoms with van der Waals surface area (Å²) in [6, 6.07) is 32.4. The number of ketones is 1. The van der Waals surface area contributed by atoms with E-state index in [1.54, 1.807) is 30.3 Å². The highest BCUT2D eigenvalue weighted by Crippen LogP contribution is 2.45. The van der Waals surface area contributed by atoms with Crippen molar-refractivity contribution in [2.45, 2.75) is 29.7 Å². The number of thioether (sulfide) groups is 1. The summed E-state index contributed by atoms with van der Waals surface area (Å²) in [7, 11) is 1.41. The molecular formula is C39H31N3O6S2. The maximum atomic E-state index is 13.8. The van der Waals surface area contributed by atoms with E-state index in [0.29, 0.717) is 33.6 Å². The van der Waals surface area contributed by atoms with Crippen molar-refractivity contribution in [3.8, 4) is 17.2 Å². The number of ether oxygens (including phenoxy) is 2. The van der Waals surface area contributed by atoms with E-state index in [9.17, 15) is 19.8 Å².